The van der Waals surface area contributed by atoms with Crippen molar-refractivity contribution in [3.8, 4) is 0 Å². The van der Waals surface area contributed by atoms with E-state index < -0.39 is 5.97 Å². The van der Waals surface area contributed by atoms with Gasteiger partial charge in [-0.3, -0.25) is 4.98 Å². The summed E-state index contributed by atoms with van der Waals surface area (Å²) in [5.74, 6) is 0.245. The zero-order chi connectivity index (χ0) is 21.1. The van der Waals surface area contributed by atoms with E-state index in [0.29, 0.717) is 36.9 Å². The van der Waals surface area contributed by atoms with Gasteiger partial charge in [0.25, 0.3) is 0 Å². The zero-order valence-electron chi connectivity index (χ0n) is 16.9. The predicted octanol–water partition coefficient (Wildman–Crippen LogP) is 4.03. The normalized spacial score (nSPS) is 13.9. The van der Waals surface area contributed by atoms with Gasteiger partial charge in [0.15, 0.2) is 0 Å². The van der Waals surface area contributed by atoms with E-state index in [-0.39, 0.29) is 11.4 Å². The molecule has 0 bridgehead atoms. The number of carboxylic acids is 1. The number of nitrogens with one attached hydrogen (secondary N) is 1. The molecule has 2 N–H and O–H groups in total. The molecule has 0 radical (unpaired) electrons. The summed E-state index contributed by atoms with van der Waals surface area (Å²) in [5.41, 5.74) is 3.86. The highest BCUT2D eigenvalue weighted by atomic mass is 19.1. The summed E-state index contributed by atoms with van der Waals surface area (Å²) >= 11 is 0. The molecular formula is C23H25FN4O2. The third-order valence-electron chi connectivity index (χ3n) is 5.59. The Labute approximate surface area is 174 Å². The Balaban J connectivity index is 1.49. The van der Waals surface area contributed by atoms with Gasteiger partial charge in [0.2, 0.25) is 0 Å². The number of halogens is 1. The lowest BCUT2D eigenvalue weighted by Crippen LogP contribution is -2.21. The molecule has 2 aromatic heterocycles. The van der Waals surface area contributed by atoms with Crippen LogP contribution in [0.1, 0.15) is 64.0 Å². The van der Waals surface area contributed by atoms with Crippen LogP contribution >= 0.6 is 0 Å². The maximum absolute atomic E-state index is 13.3. The van der Waals surface area contributed by atoms with Crippen LogP contribution in [0.2, 0.25) is 0 Å². The van der Waals surface area contributed by atoms with Gasteiger partial charge in [-0.05, 0) is 49.6 Å². The van der Waals surface area contributed by atoms with Gasteiger partial charge >= 0.3 is 5.97 Å². The number of carbonyl (C=O) groups is 1. The summed E-state index contributed by atoms with van der Waals surface area (Å²) < 4.78 is 15.5. The van der Waals surface area contributed by atoms with Gasteiger partial charge in [-0.25, -0.2) is 14.2 Å². The molecular weight excluding hydrogens is 383 g/mol. The predicted molar refractivity (Wildman–Crippen MR) is 111 cm³/mol. The monoisotopic (exact) mass is 408 g/mol. The van der Waals surface area contributed by atoms with E-state index in [2.05, 4.69) is 19.9 Å². The van der Waals surface area contributed by atoms with Crippen molar-refractivity contribution in [1.82, 2.24) is 19.9 Å². The summed E-state index contributed by atoms with van der Waals surface area (Å²) in [6.07, 6.45) is 5.54. The average molecular weight is 408 g/mol. The van der Waals surface area contributed by atoms with Gasteiger partial charge in [0.05, 0.1) is 17.8 Å². The van der Waals surface area contributed by atoms with Gasteiger partial charge in [-0.1, -0.05) is 18.6 Å². The van der Waals surface area contributed by atoms with E-state index in [1.165, 1.54) is 37.1 Å². The van der Waals surface area contributed by atoms with Crippen LogP contribution in [0.25, 0.3) is 0 Å². The smallest absolute Gasteiger partial charge is 0.335 e. The molecule has 0 spiro atoms. The molecule has 7 heteroatoms. The van der Waals surface area contributed by atoms with Crippen LogP contribution in [0.3, 0.4) is 0 Å². The van der Waals surface area contributed by atoms with Crippen molar-refractivity contribution in [2.45, 2.75) is 51.7 Å². The standard InChI is InChI=1S/C23H25FN4O2/c1-15-9-18(23(29)30)10-20(27-15)11-25-13-22-26-12-21(17-3-2-4-17)28(22)14-16-5-7-19(24)8-6-16/h5-10,12,17,25H,2-4,11,13-14H2,1H3,(H,29,30). The highest BCUT2D eigenvalue weighted by Crippen LogP contribution is 2.36. The number of benzene rings is 1. The molecule has 0 saturated heterocycles. The van der Waals surface area contributed by atoms with E-state index in [0.717, 1.165) is 11.4 Å². The van der Waals surface area contributed by atoms with Crippen molar-refractivity contribution in [3.05, 3.63) is 82.4 Å². The highest BCUT2D eigenvalue weighted by Gasteiger charge is 2.24. The Hall–Kier alpha value is -3.06. The summed E-state index contributed by atoms with van der Waals surface area (Å²) in [6.45, 7) is 3.42. The van der Waals surface area contributed by atoms with Crippen molar-refractivity contribution in [1.29, 1.82) is 0 Å². The number of aromatic carboxylic acids is 1. The highest BCUT2D eigenvalue weighted by molar-refractivity contribution is 5.87. The molecule has 0 unspecified atom stereocenters. The number of rotatable bonds is 8. The maximum Gasteiger partial charge on any atom is 0.335 e. The van der Waals surface area contributed by atoms with Crippen LogP contribution in [0, 0.1) is 12.7 Å². The minimum absolute atomic E-state index is 0.239. The third kappa shape index (κ3) is 4.57. The van der Waals surface area contributed by atoms with Crippen molar-refractivity contribution < 1.29 is 14.3 Å². The first-order chi connectivity index (χ1) is 14.5. The lowest BCUT2D eigenvalue weighted by Gasteiger charge is -2.27. The topological polar surface area (TPSA) is 80.0 Å². The molecule has 1 aliphatic carbocycles. The molecule has 0 atom stereocenters. The first-order valence-electron chi connectivity index (χ1n) is 10.2. The third-order valence-corrected chi connectivity index (χ3v) is 5.59. The first kappa shape index (κ1) is 20.2. The molecule has 1 aliphatic rings. The summed E-state index contributed by atoms with van der Waals surface area (Å²) in [7, 11) is 0. The van der Waals surface area contributed by atoms with Crippen molar-refractivity contribution in [2.24, 2.45) is 0 Å². The van der Waals surface area contributed by atoms with Crippen LogP contribution in [0.15, 0.2) is 42.6 Å². The average Bonchev–Trinajstić information content (AvgIpc) is 3.04. The number of nitrogens with zero attached hydrogens (tertiary/aromatic N) is 3. The van der Waals surface area contributed by atoms with Crippen molar-refractivity contribution >= 4 is 5.97 Å². The maximum atomic E-state index is 13.3. The number of aromatic nitrogens is 3. The van der Waals surface area contributed by atoms with Crippen molar-refractivity contribution in [3.63, 3.8) is 0 Å². The second-order valence-corrected chi connectivity index (χ2v) is 7.84. The molecule has 0 aliphatic heterocycles. The summed E-state index contributed by atoms with van der Waals surface area (Å²) in [5, 5.41) is 12.6. The van der Waals surface area contributed by atoms with Gasteiger partial charge in [-0.2, -0.15) is 0 Å². The minimum Gasteiger partial charge on any atom is -0.478 e. The van der Waals surface area contributed by atoms with E-state index >= 15 is 0 Å². The Kier molecular flexibility index (Phi) is 5.90. The fourth-order valence-electron chi connectivity index (χ4n) is 3.81. The van der Waals surface area contributed by atoms with Gasteiger partial charge in [0.1, 0.15) is 11.6 Å². The molecule has 0 amide bonds. The van der Waals surface area contributed by atoms with Crippen molar-refractivity contribution in [2.75, 3.05) is 0 Å². The van der Waals surface area contributed by atoms with E-state index in [1.807, 2.05) is 6.20 Å². The van der Waals surface area contributed by atoms with Gasteiger partial charge in [-0.15, -0.1) is 0 Å². The number of imidazole rings is 1. The number of carboxylic acid groups (broad SMARTS) is 1. The Morgan fingerprint density at radius 3 is 2.67 bits per heavy atom. The largest absolute Gasteiger partial charge is 0.478 e. The van der Waals surface area contributed by atoms with E-state index in [1.54, 1.807) is 31.2 Å². The zero-order valence-corrected chi connectivity index (χ0v) is 16.9. The molecule has 4 rings (SSSR count). The van der Waals surface area contributed by atoms with Gasteiger partial charge < -0.3 is 15.0 Å². The van der Waals surface area contributed by atoms with E-state index in [4.69, 9.17) is 0 Å². The van der Waals surface area contributed by atoms with Crippen LogP contribution in [0.4, 0.5) is 4.39 Å². The minimum atomic E-state index is -0.957. The molecule has 1 aromatic carbocycles. The van der Waals surface area contributed by atoms with E-state index in [9.17, 15) is 14.3 Å². The summed E-state index contributed by atoms with van der Waals surface area (Å²) in [4.78, 5) is 20.3. The number of aryl methyl sites for hydroxylation is 1. The molecule has 3 aromatic rings. The fourth-order valence-corrected chi connectivity index (χ4v) is 3.81. The lowest BCUT2D eigenvalue weighted by atomic mass is 9.83. The van der Waals surface area contributed by atoms with Crippen LogP contribution in [-0.2, 0) is 19.6 Å². The Bertz CT molecular complexity index is 1040. The Morgan fingerprint density at radius 2 is 2.00 bits per heavy atom. The number of hydrogen-bond acceptors (Lipinski definition) is 4. The second-order valence-electron chi connectivity index (χ2n) is 7.84. The molecule has 156 valence electrons. The molecule has 2 heterocycles. The molecule has 30 heavy (non-hydrogen) atoms. The number of pyridine rings is 1. The first-order valence-corrected chi connectivity index (χ1v) is 10.2. The molecule has 1 saturated carbocycles. The molecule has 1 fully saturated rings. The van der Waals surface area contributed by atoms with Gasteiger partial charge in [0, 0.05) is 36.6 Å². The van der Waals surface area contributed by atoms with Crippen LogP contribution in [-0.4, -0.2) is 25.6 Å². The van der Waals surface area contributed by atoms with Crippen LogP contribution in [0.5, 0.6) is 0 Å². The quantitative estimate of drug-likeness (QED) is 0.588. The van der Waals surface area contributed by atoms with Crippen LogP contribution < -0.4 is 5.32 Å². The SMILES string of the molecule is Cc1cc(C(=O)O)cc(CNCc2ncc(C3CCC3)n2Cc2ccc(F)cc2)n1. The molecule has 6 nitrogen and oxygen atoms in total. The fraction of sp³-hybridized carbons (Fsp3) is 0.348. The summed E-state index contributed by atoms with van der Waals surface area (Å²) in [6, 6.07) is 9.73. The second kappa shape index (κ2) is 8.75. The lowest BCUT2D eigenvalue weighted by molar-refractivity contribution is 0.0696. The number of hydrogen-bond donors (Lipinski definition) is 2. The Morgan fingerprint density at radius 1 is 1.23 bits per heavy atom.